The van der Waals surface area contributed by atoms with Crippen molar-refractivity contribution in [2.24, 2.45) is 5.92 Å². The lowest BCUT2D eigenvalue weighted by molar-refractivity contribution is 0.0787. The van der Waals surface area contributed by atoms with Gasteiger partial charge in [-0.05, 0) is 49.3 Å². The second-order valence-corrected chi connectivity index (χ2v) is 7.85. The Morgan fingerprint density at radius 3 is 2.25 bits per heavy atom. The number of rotatable bonds is 4. The summed E-state index contributed by atoms with van der Waals surface area (Å²) in [5.74, 6) is 0.582. The number of hydrogen-bond acceptors (Lipinski definition) is 3. The first kappa shape index (κ1) is 13.8. The maximum Gasteiger partial charge on any atom is 0.181 e. The van der Waals surface area contributed by atoms with Gasteiger partial charge in [0.15, 0.2) is 9.84 Å². The van der Waals surface area contributed by atoms with Crippen LogP contribution < -0.4 is 0 Å². The van der Waals surface area contributed by atoms with Crippen LogP contribution in [0.3, 0.4) is 0 Å². The molecule has 0 N–H and O–H groups in total. The Morgan fingerprint density at radius 2 is 1.65 bits per heavy atom. The Hall–Kier alpha value is -1.13. The molecule has 1 saturated carbocycles. The third kappa shape index (κ3) is 3.13. The zero-order chi connectivity index (χ0) is 14.0. The molecule has 1 aromatic rings. The Balaban J connectivity index is 1.68. The normalized spacial score (nSPS) is 21.4. The molecule has 0 radical (unpaired) electrons. The summed E-state index contributed by atoms with van der Waals surface area (Å²) in [4.78, 5) is 0.461. The van der Waals surface area contributed by atoms with E-state index in [1.807, 2.05) is 12.1 Å². The molecule has 0 amide bonds. The molecule has 1 heterocycles. The van der Waals surface area contributed by atoms with E-state index < -0.39 is 9.84 Å². The summed E-state index contributed by atoms with van der Waals surface area (Å²) in [5.41, 5.74) is 1.06. The van der Waals surface area contributed by atoms with Crippen LogP contribution in [0.15, 0.2) is 35.2 Å². The molecule has 2 aliphatic rings. The highest BCUT2D eigenvalue weighted by atomic mass is 32.2. The molecule has 1 aliphatic carbocycles. The molecule has 0 bridgehead atoms. The Kier molecular flexibility index (Phi) is 3.94. The van der Waals surface area contributed by atoms with Gasteiger partial charge in [0.2, 0.25) is 0 Å². The van der Waals surface area contributed by atoms with Crippen LogP contribution in [0.4, 0.5) is 0 Å². The highest BCUT2D eigenvalue weighted by Gasteiger charge is 2.36. The quantitative estimate of drug-likeness (QED) is 0.856. The van der Waals surface area contributed by atoms with Gasteiger partial charge in [0.25, 0.3) is 0 Å². The van der Waals surface area contributed by atoms with Gasteiger partial charge in [-0.25, -0.2) is 8.42 Å². The van der Waals surface area contributed by atoms with Crippen molar-refractivity contribution in [1.29, 1.82) is 0 Å². The molecule has 3 rings (SSSR count). The average molecular weight is 292 g/mol. The minimum Gasteiger partial charge on any atom is -0.381 e. The number of allylic oxidation sites excluding steroid dienone is 1. The second kappa shape index (κ2) is 5.70. The van der Waals surface area contributed by atoms with Gasteiger partial charge in [-0.2, -0.15) is 0 Å². The lowest BCUT2D eigenvalue weighted by Gasteiger charge is -2.18. The van der Waals surface area contributed by atoms with E-state index in [-0.39, 0.29) is 5.25 Å². The van der Waals surface area contributed by atoms with Crippen molar-refractivity contribution < 1.29 is 13.2 Å². The van der Waals surface area contributed by atoms with Gasteiger partial charge in [-0.1, -0.05) is 24.3 Å². The molecule has 0 aromatic heterocycles. The maximum absolute atomic E-state index is 12.1. The SMILES string of the molecule is O=S(=O)(c1ccc(/C=C/C2CCOCC2)cc1)C1CC1. The van der Waals surface area contributed by atoms with Crippen molar-refractivity contribution in [2.45, 2.75) is 35.8 Å². The first-order valence-corrected chi connectivity index (χ1v) is 8.81. The van der Waals surface area contributed by atoms with E-state index in [4.69, 9.17) is 4.74 Å². The molecule has 1 saturated heterocycles. The highest BCUT2D eigenvalue weighted by Crippen LogP contribution is 2.33. The molecule has 3 nitrogen and oxygen atoms in total. The number of ether oxygens (including phenoxy) is 1. The monoisotopic (exact) mass is 292 g/mol. The third-order valence-corrected chi connectivity index (χ3v) is 6.28. The van der Waals surface area contributed by atoms with E-state index in [1.165, 1.54) is 0 Å². The first-order chi connectivity index (χ1) is 9.66. The molecule has 0 spiro atoms. The fourth-order valence-electron chi connectivity index (χ4n) is 2.49. The van der Waals surface area contributed by atoms with Crippen LogP contribution in [0, 0.1) is 5.92 Å². The van der Waals surface area contributed by atoms with Crippen molar-refractivity contribution in [2.75, 3.05) is 13.2 Å². The molecule has 4 heteroatoms. The van der Waals surface area contributed by atoms with E-state index in [0.717, 1.165) is 44.5 Å². The summed E-state index contributed by atoms with van der Waals surface area (Å²) in [5, 5.41) is -0.133. The summed E-state index contributed by atoms with van der Waals surface area (Å²) >= 11 is 0. The largest absolute Gasteiger partial charge is 0.381 e. The van der Waals surface area contributed by atoms with Crippen molar-refractivity contribution in [1.82, 2.24) is 0 Å². The zero-order valence-electron chi connectivity index (χ0n) is 11.5. The summed E-state index contributed by atoms with van der Waals surface area (Å²) in [7, 11) is -3.06. The van der Waals surface area contributed by atoms with Gasteiger partial charge >= 0.3 is 0 Å². The Bertz CT molecular complexity index is 577. The van der Waals surface area contributed by atoms with Gasteiger partial charge in [-0.3, -0.25) is 0 Å². The van der Waals surface area contributed by atoms with E-state index >= 15 is 0 Å². The highest BCUT2D eigenvalue weighted by molar-refractivity contribution is 7.92. The first-order valence-electron chi connectivity index (χ1n) is 7.26. The molecule has 1 aliphatic heterocycles. The standard InChI is InChI=1S/C16H20O3S/c17-20(18,16-7-8-16)15-5-3-13(4-6-15)1-2-14-9-11-19-12-10-14/h1-6,14,16H,7-12H2/b2-1+. The summed E-state index contributed by atoms with van der Waals surface area (Å²) < 4.78 is 29.5. The summed E-state index contributed by atoms with van der Waals surface area (Å²) in [6.45, 7) is 1.68. The third-order valence-electron chi connectivity index (χ3n) is 4.00. The molecule has 0 unspecified atom stereocenters. The van der Waals surface area contributed by atoms with Crippen LogP contribution in [0.25, 0.3) is 6.08 Å². The fraction of sp³-hybridized carbons (Fsp3) is 0.500. The minimum absolute atomic E-state index is 0.133. The van der Waals surface area contributed by atoms with Crippen LogP contribution in [-0.2, 0) is 14.6 Å². The Labute approximate surface area is 120 Å². The van der Waals surface area contributed by atoms with Crippen LogP contribution in [-0.4, -0.2) is 26.9 Å². The smallest absolute Gasteiger partial charge is 0.181 e. The van der Waals surface area contributed by atoms with Crippen LogP contribution in [0.5, 0.6) is 0 Å². The molecular weight excluding hydrogens is 272 g/mol. The number of benzene rings is 1. The topological polar surface area (TPSA) is 43.4 Å². The molecule has 2 fully saturated rings. The van der Waals surface area contributed by atoms with Gasteiger partial charge < -0.3 is 4.74 Å². The molecule has 1 aromatic carbocycles. The van der Waals surface area contributed by atoms with Crippen LogP contribution in [0.1, 0.15) is 31.2 Å². The van der Waals surface area contributed by atoms with E-state index in [9.17, 15) is 8.42 Å². The van der Waals surface area contributed by atoms with Crippen molar-refractivity contribution in [3.63, 3.8) is 0 Å². The van der Waals surface area contributed by atoms with Crippen molar-refractivity contribution in [3.05, 3.63) is 35.9 Å². The van der Waals surface area contributed by atoms with Gasteiger partial charge in [-0.15, -0.1) is 0 Å². The van der Waals surface area contributed by atoms with Crippen molar-refractivity contribution in [3.8, 4) is 0 Å². The van der Waals surface area contributed by atoms with E-state index in [1.54, 1.807) is 12.1 Å². The minimum atomic E-state index is -3.06. The summed E-state index contributed by atoms with van der Waals surface area (Å²) in [6, 6.07) is 7.25. The van der Waals surface area contributed by atoms with Gasteiger partial charge in [0.05, 0.1) is 10.1 Å². The van der Waals surface area contributed by atoms with Crippen LogP contribution in [0.2, 0.25) is 0 Å². The van der Waals surface area contributed by atoms with Gasteiger partial charge in [0, 0.05) is 13.2 Å². The lowest BCUT2D eigenvalue weighted by Crippen LogP contribution is -2.13. The summed E-state index contributed by atoms with van der Waals surface area (Å²) in [6.07, 6.45) is 8.08. The molecule has 108 valence electrons. The number of sulfone groups is 1. The predicted octanol–water partition coefficient (Wildman–Crippen LogP) is 3.06. The zero-order valence-corrected chi connectivity index (χ0v) is 12.3. The van der Waals surface area contributed by atoms with E-state index in [0.29, 0.717) is 10.8 Å². The molecule has 20 heavy (non-hydrogen) atoms. The number of hydrogen-bond donors (Lipinski definition) is 0. The molecular formula is C16H20O3S. The second-order valence-electron chi connectivity index (χ2n) is 5.62. The van der Waals surface area contributed by atoms with Crippen LogP contribution >= 0.6 is 0 Å². The fourth-order valence-corrected chi connectivity index (χ4v) is 4.15. The predicted molar refractivity (Wildman–Crippen MR) is 79.2 cm³/mol. The van der Waals surface area contributed by atoms with Gasteiger partial charge in [0.1, 0.15) is 0 Å². The molecule has 0 atom stereocenters. The van der Waals surface area contributed by atoms with Crippen molar-refractivity contribution >= 4 is 15.9 Å². The average Bonchev–Trinajstić information content (AvgIpc) is 3.32. The Morgan fingerprint density at radius 1 is 1.00 bits per heavy atom. The van der Waals surface area contributed by atoms with E-state index in [2.05, 4.69) is 12.2 Å². The maximum atomic E-state index is 12.1. The lowest BCUT2D eigenvalue weighted by atomic mass is 9.99.